The average molecular weight is 470 g/mol. The van der Waals surface area contributed by atoms with Crippen molar-refractivity contribution in [2.75, 3.05) is 59.8 Å². The van der Waals surface area contributed by atoms with E-state index in [1.165, 1.54) is 0 Å². The van der Waals surface area contributed by atoms with Gasteiger partial charge in [0.25, 0.3) is 0 Å². The van der Waals surface area contributed by atoms with Crippen LogP contribution in [-0.4, -0.2) is 69.0 Å². The number of nitrogens with zero attached hydrogens (tertiary/aromatic N) is 2. The highest BCUT2D eigenvalue weighted by molar-refractivity contribution is 6.38. The zero-order chi connectivity index (χ0) is 22.5. The van der Waals surface area contributed by atoms with Gasteiger partial charge in [0.15, 0.2) is 11.5 Å². The summed E-state index contributed by atoms with van der Waals surface area (Å²) in [5.41, 5.74) is 8.28. The minimum absolute atomic E-state index is 0.0163. The fourth-order valence-electron chi connectivity index (χ4n) is 4.06. The molecule has 1 aliphatic rings. The molecular formula is C22H29Cl2N3O4. The minimum atomic E-state index is 0.0163. The molecule has 0 bridgehead atoms. The first-order valence-corrected chi connectivity index (χ1v) is 10.8. The van der Waals surface area contributed by atoms with Gasteiger partial charge in [-0.05, 0) is 23.8 Å². The van der Waals surface area contributed by atoms with Gasteiger partial charge in [0.05, 0.1) is 43.7 Å². The van der Waals surface area contributed by atoms with Crippen LogP contribution < -0.4 is 19.9 Å². The fourth-order valence-corrected chi connectivity index (χ4v) is 4.56. The Hall–Kier alpha value is -1.90. The van der Waals surface area contributed by atoms with Gasteiger partial charge in [-0.25, -0.2) is 0 Å². The molecule has 1 heterocycles. The van der Waals surface area contributed by atoms with Gasteiger partial charge in [-0.3, -0.25) is 9.80 Å². The van der Waals surface area contributed by atoms with E-state index < -0.39 is 0 Å². The van der Waals surface area contributed by atoms with E-state index in [-0.39, 0.29) is 12.6 Å². The summed E-state index contributed by atoms with van der Waals surface area (Å²) in [5, 5.41) is 10.4. The molecule has 1 atom stereocenters. The third-order valence-electron chi connectivity index (χ3n) is 5.63. The van der Waals surface area contributed by atoms with Crippen LogP contribution in [0.25, 0.3) is 0 Å². The normalized spacial score (nSPS) is 17.5. The molecular weight excluding hydrogens is 441 g/mol. The predicted molar refractivity (Wildman–Crippen MR) is 124 cm³/mol. The third kappa shape index (κ3) is 5.13. The van der Waals surface area contributed by atoms with E-state index >= 15 is 0 Å². The number of hydrogen-bond donors (Lipinski definition) is 2. The number of halogens is 2. The molecule has 0 saturated carbocycles. The Morgan fingerprint density at radius 3 is 2.29 bits per heavy atom. The number of methoxy groups -OCH3 is 3. The summed E-state index contributed by atoms with van der Waals surface area (Å²) in [6.07, 6.45) is 0. The largest absolute Gasteiger partial charge is 0.493 e. The number of ether oxygens (including phenoxy) is 3. The van der Waals surface area contributed by atoms with E-state index in [1.54, 1.807) is 21.3 Å². The summed E-state index contributed by atoms with van der Waals surface area (Å²) in [5.74, 6) is 1.87. The van der Waals surface area contributed by atoms with Crippen molar-refractivity contribution in [1.29, 1.82) is 0 Å². The number of nitrogen functional groups attached to an aromatic ring is 1. The van der Waals surface area contributed by atoms with Crippen LogP contribution in [0.4, 0.5) is 5.69 Å². The number of nitrogens with two attached hydrogens (primary N) is 1. The molecule has 0 amide bonds. The first-order chi connectivity index (χ1) is 14.9. The summed E-state index contributed by atoms with van der Waals surface area (Å²) < 4.78 is 16.6. The second kappa shape index (κ2) is 10.6. The number of aliphatic hydroxyl groups is 1. The van der Waals surface area contributed by atoms with Gasteiger partial charge < -0.3 is 25.1 Å². The van der Waals surface area contributed by atoms with Crippen molar-refractivity contribution in [1.82, 2.24) is 9.80 Å². The molecule has 3 rings (SSSR count). The highest BCUT2D eigenvalue weighted by Gasteiger charge is 2.30. The lowest BCUT2D eigenvalue weighted by molar-refractivity contribution is 0.0554. The lowest BCUT2D eigenvalue weighted by Crippen LogP contribution is -2.48. The molecule has 0 unspecified atom stereocenters. The highest BCUT2D eigenvalue weighted by atomic mass is 35.5. The Kier molecular flexibility index (Phi) is 8.13. The lowest BCUT2D eigenvalue weighted by atomic mass is 10.0. The Balaban J connectivity index is 1.88. The van der Waals surface area contributed by atoms with Crippen LogP contribution in [0.15, 0.2) is 24.3 Å². The first kappa shape index (κ1) is 23.8. The zero-order valence-corrected chi connectivity index (χ0v) is 19.5. The standard InChI is InChI=1S/C22H29Cl2N3O4/c1-29-19-5-4-14(21(30-2)22(19)31-3)12-26-6-7-27(8-9-28)18(13-26)15-10-16(23)20(25)17(24)11-15/h4-5,10-11,18,28H,6-9,12-13,25H2,1-3H3/t18-/m0/s1. The maximum atomic E-state index is 9.54. The lowest BCUT2D eigenvalue weighted by Gasteiger charge is -2.42. The van der Waals surface area contributed by atoms with E-state index in [4.69, 9.17) is 43.1 Å². The number of benzene rings is 2. The second-order valence-electron chi connectivity index (χ2n) is 7.40. The van der Waals surface area contributed by atoms with Crippen LogP contribution in [-0.2, 0) is 6.54 Å². The first-order valence-electron chi connectivity index (χ1n) is 10.0. The topological polar surface area (TPSA) is 80.4 Å². The van der Waals surface area contributed by atoms with Crippen LogP contribution in [0.5, 0.6) is 17.2 Å². The van der Waals surface area contributed by atoms with E-state index in [9.17, 15) is 5.11 Å². The summed E-state index contributed by atoms with van der Waals surface area (Å²) in [6, 6.07) is 7.61. The Bertz CT molecular complexity index is 890. The molecule has 2 aromatic rings. The predicted octanol–water partition coefficient (Wildman–Crippen LogP) is 3.45. The van der Waals surface area contributed by atoms with E-state index in [0.29, 0.717) is 46.1 Å². The Labute approximate surface area is 193 Å². The molecule has 0 aromatic heterocycles. The Morgan fingerprint density at radius 1 is 1.03 bits per heavy atom. The Morgan fingerprint density at radius 2 is 1.71 bits per heavy atom. The van der Waals surface area contributed by atoms with E-state index in [0.717, 1.165) is 30.8 Å². The molecule has 1 fully saturated rings. The van der Waals surface area contributed by atoms with E-state index in [2.05, 4.69) is 9.80 Å². The highest BCUT2D eigenvalue weighted by Crippen LogP contribution is 2.41. The third-order valence-corrected chi connectivity index (χ3v) is 6.25. The van der Waals surface area contributed by atoms with Crippen molar-refractivity contribution in [3.63, 3.8) is 0 Å². The van der Waals surface area contributed by atoms with Crippen LogP contribution in [0.3, 0.4) is 0 Å². The molecule has 0 radical (unpaired) electrons. The van der Waals surface area contributed by atoms with Crippen molar-refractivity contribution in [2.45, 2.75) is 12.6 Å². The monoisotopic (exact) mass is 469 g/mol. The molecule has 7 nitrogen and oxygen atoms in total. The smallest absolute Gasteiger partial charge is 0.203 e. The second-order valence-corrected chi connectivity index (χ2v) is 8.22. The maximum absolute atomic E-state index is 9.54. The van der Waals surface area contributed by atoms with Crippen molar-refractivity contribution in [3.05, 3.63) is 45.4 Å². The van der Waals surface area contributed by atoms with Gasteiger partial charge in [-0.15, -0.1) is 0 Å². The number of anilines is 1. The molecule has 1 aliphatic heterocycles. The van der Waals surface area contributed by atoms with Crippen LogP contribution >= 0.6 is 23.2 Å². The molecule has 2 aromatic carbocycles. The van der Waals surface area contributed by atoms with Crippen molar-refractivity contribution < 1.29 is 19.3 Å². The summed E-state index contributed by atoms with van der Waals surface area (Å²) in [6.45, 7) is 3.68. The van der Waals surface area contributed by atoms with Crippen molar-refractivity contribution in [2.24, 2.45) is 0 Å². The number of rotatable bonds is 8. The number of β-amino-alcohol motifs (C(OH)–C–C–N with tert-alkyl or cyclic N) is 1. The number of hydrogen-bond acceptors (Lipinski definition) is 7. The van der Waals surface area contributed by atoms with Crippen molar-refractivity contribution in [3.8, 4) is 17.2 Å². The van der Waals surface area contributed by atoms with Crippen molar-refractivity contribution >= 4 is 28.9 Å². The molecule has 170 valence electrons. The van der Waals surface area contributed by atoms with Gasteiger partial charge >= 0.3 is 0 Å². The van der Waals surface area contributed by atoms with Crippen LogP contribution in [0.1, 0.15) is 17.2 Å². The number of aliphatic hydroxyl groups excluding tert-OH is 1. The molecule has 0 aliphatic carbocycles. The van der Waals surface area contributed by atoms with Gasteiger partial charge in [-0.1, -0.05) is 29.3 Å². The van der Waals surface area contributed by atoms with Crippen LogP contribution in [0.2, 0.25) is 10.0 Å². The quantitative estimate of drug-likeness (QED) is 0.572. The maximum Gasteiger partial charge on any atom is 0.203 e. The zero-order valence-electron chi connectivity index (χ0n) is 18.0. The van der Waals surface area contributed by atoms with Gasteiger partial charge in [0.1, 0.15) is 0 Å². The van der Waals surface area contributed by atoms with E-state index in [1.807, 2.05) is 24.3 Å². The summed E-state index contributed by atoms with van der Waals surface area (Å²) >= 11 is 12.6. The molecule has 31 heavy (non-hydrogen) atoms. The molecule has 0 spiro atoms. The van der Waals surface area contributed by atoms with Crippen LogP contribution in [0, 0.1) is 0 Å². The fraction of sp³-hybridized carbons (Fsp3) is 0.455. The molecule has 1 saturated heterocycles. The summed E-state index contributed by atoms with van der Waals surface area (Å²) in [4.78, 5) is 4.57. The van der Waals surface area contributed by atoms with Gasteiger partial charge in [-0.2, -0.15) is 0 Å². The van der Waals surface area contributed by atoms with Gasteiger partial charge in [0.2, 0.25) is 5.75 Å². The SMILES string of the molecule is COc1ccc(CN2CCN(CCO)[C@H](c3cc(Cl)c(N)c(Cl)c3)C2)c(OC)c1OC. The average Bonchev–Trinajstić information content (AvgIpc) is 2.77. The summed E-state index contributed by atoms with van der Waals surface area (Å²) in [7, 11) is 4.83. The molecule has 3 N–H and O–H groups in total. The van der Waals surface area contributed by atoms with Gasteiger partial charge in [0, 0.05) is 44.3 Å². The molecule has 9 heteroatoms. The number of piperazine rings is 1. The minimum Gasteiger partial charge on any atom is -0.493 e.